The van der Waals surface area contributed by atoms with Crippen LogP contribution in [0.15, 0.2) is 0 Å². The molecule has 0 fully saturated rings. The second-order valence-corrected chi connectivity index (χ2v) is 2.02. The van der Waals surface area contributed by atoms with Crippen molar-refractivity contribution in [3.8, 4) is 0 Å². The van der Waals surface area contributed by atoms with Gasteiger partial charge in [-0.15, -0.1) is 0 Å². The number of halogens is 6. The van der Waals surface area contributed by atoms with E-state index in [9.17, 15) is 35.9 Å². The van der Waals surface area contributed by atoms with Crippen molar-refractivity contribution in [2.24, 2.45) is 0 Å². The maximum absolute atomic E-state index is 11.3. The van der Waals surface area contributed by atoms with Crippen LogP contribution in [0.1, 0.15) is 6.42 Å². The number of carbonyl (C=O) groups excluding carboxylic acids is 2. The van der Waals surface area contributed by atoms with Crippen LogP contribution in [0.5, 0.6) is 0 Å². The minimum Gasteiger partial charge on any atom is -0.289 e. The normalized spacial score (nSPS) is 11.9. The van der Waals surface area contributed by atoms with Crippen LogP contribution < -0.4 is 0 Å². The Morgan fingerprint density at radius 3 is 1.14 bits per heavy atom. The van der Waals surface area contributed by atoms with E-state index in [1.54, 1.807) is 0 Å². The Balaban J connectivity index is 0. The third-order valence-corrected chi connectivity index (χ3v) is 0.953. The quantitative estimate of drug-likeness (QED) is 0.561. The van der Waals surface area contributed by atoms with Crippen molar-refractivity contribution in [1.29, 1.82) is 0 Å². The minimum atomic E-state index is -5.40. The minimum absolute atomic E-state index is 0. The van der Waals surface area contributed by atoms with Crippen molar-refractivity contribution in [3.63, 3.8) is 0 Å². The molecule has 0 aliphatic heterocycles. The van der Waals surface area contributed by atoms with Crippen LogP contribution in [0.3, 0.4) is 0 Å². The van der Waals surface area contributed by atoms with Gasteiger partial charge in [0.2, 0.25) is 11.6 Å². The van der Waals surface area contributed by atoms with E-state index in [0.29, 0.717) is 0 Å². The SMILES string of the molecule is O=C(CC(=O)C(F)(F)F)C(F)(F)F.[Pr]. The second kappa shape index (κ2) is 5.39. The first-order chi connectivity index (χ1) is 5.55. The van der Waals surface area contributed by atoms with Gasteiger partial charge in [0.25, 0.3) is 0 Å². The van der Waals surface area contributed by atoms with Gasteiger partial charge in [0.05, 0.1) is 6.42 Å². The largest absolute Gasteiger partial charge is 0.450 e. The number of alkyl halides is 6. The Bertz CT molecular complexity index is 205. The van der Waals surface area contributed by atoms with Crippen LogP contribution in [-0.4, -0.2) is 23.9 Å². The molecule has 0 bridgehead atoms. The smallest absolute Gasteiger partial charge is 0.289 e. The maximum Gasteiger partial charge on any atom is 0.450 e. The van der Waals surface area contributed by atoms with Crippen LogP contribution in [0.25, 0.3) is 0 Å². The van der Waals surface area contributed by atoms with Gasteiger partial charge in [0, 0.05) is 41.3 Å². The third-order valence-electron chi connectivity index (χ3n) is 0.953. The fourth-order valence-electron chi connectivity index (χ4n) is 0.346. The standard InChI is InChI=1S/C5H2F6O2.Pr/c6-4(7,8)2(12)1-3(13)5(9,10)11;/h1H2;. The molecule has 0 amide bonds. The summed E-state index contributed by atoms with van der Waals surface area (Å²) < 4.78 is 68.0. The average molecular weight is 349 g/mol. The Morgan fingerprint density at radius 2 is 1.00 bits per heavy atom. The second-order valence-electron chi connectivity index (χ2n) is 2.02. The zero-order valence-corrected chi connectivity index (χ0v) is 10.1. The van der Waals surface area contributed by atoms with E-state index < -0.39 is 30.3 Å². The van der Waals surface area contributed by atoms with E-state index in [1.165, 1.54) is 0 Å². The van der Waals surface area contributed by atoms with E-state index >= 15 is 0 Å². The molecular weight excluding hydrogens is 347 g/mol. The molecule has 0 aliphatic rings. The maximum atomic E-state index is 11.3. The molecule has 0 saturated heterocycles. The number of hydrogen-bond acceptors (Lipinski definition) is 2. The van der Waals surface area contributed by atoms with E-state index in [-0.39, 0.29) is 41.3 Å². The fourth-order valence-corrected chi connectivity index (χ4v) is 0.346. The Kier molecular flexibility index (Phi) is 6.43. The van der Waals surface area contributed by atoms with Gasteiger partial charge < -0.3 is 0 Å². The van der Waals surface area contributed by atoms with E-state index in [0.717, 1.165) is 0 Å². The zero-order chi connectivity index (χ0) is 10.9. The summed E-state index contributed by atoms with van der Waals surface area (Å²) in [5.74, 6) is -5.40. The molecule has 79 valence electrons. The molecule has 0 rings (SSSR count). The first-order valence-corrected chi connectivity index (χ1v) is 2.75. The van der Waals surface area contributed by atoms with Crippen LogP contribution in [0.4, 0.5) is 26.3 Å². The van der Waals surface area contributed by atoms with Crippen LogP contribution in [0, 0.1) is 41.3 Å². The summed E-state index contributed by atoms with van der Waals surface area (Å²) in [6.07, 6.45) is -13.0. The molecule has 0 unspecified atom stereocenters. The molecule has 14 heavy (non-hydrogen) atoms. The molecule has 0 N–H and O–H groups in total. The van der Waals surface area contributed by atoms with E-state index in [1.807, 2.05) is 0 Å². The summed E-state index contributed by atoms with van der Waals surface area (Å²) in [4.78, 5) is 19.8. The predicted molar refractivity (Wildman–Crippen MR) is 26.7 cm³/mol. The first-order valence-electron chi connectivity index (χ1n) is 2.75. The molecule has 0 aliphatic carbocycles. The molecule has 0 saturated carbocycles. The summed E-state index contributed by atoms with van der Waals surface area (Å²) >= 11 is 0. The Morgan fingerprint density at radius 1 is 0.786 bits per heavy atom. The number of Topliss-reactive ketones (excluding diaryl/α,β-unsaturated/α-hetero) is 2. The molecule has 0 spiro atoms. The summed E-state index contributed by atoms with van der Waals surface area (Å²) in [6.45, 7) is 0. The molecule has 2 nitrogen and oxygen atoms in total. The molecule has 0 atom stereocenters. The summed E-state index contributed by atoms with van der Waals surface area (Å²) in [6, 6.07) is 0. The van der Waals surface area contributed by atoms with Gasteiger partial charge in [0.1, 0.15) is 0 Å². The van der Waals surface area contributed by atoms with Crippen molar-refractivity contribution in [1.82, 2.24) is 0 Å². The summed E-state index contributed by atoms with van der Waals surface area (Å²) in [5, 5.41) is 0. The average Bonchev–Trinajstić information content (AvgIpc) is 1.82. The van der Waals surface area contributed by atoms with Crippen molar-refractivity contribution < 1.29 is 77.2 Å². The molecule has 0 heterocycles. The fraction of sp³-hybridized carbons (Fsp3) is 0.600. The van der Waals surface area contributed by atoms with Gasteiger partial charge in [0.15, 0.2) is 0 Å². The van der Waals surface area contributed by atoms with E-state index in [2.05, 4.69) is 0 Å². The van der Waals surface area contributed by atoms with Gasteiger partial charge in [-0.2, -0.15) is 26.3 Å². The van der Waals surface area contributed by atoms with Crippen molar-refractivity contribution in [3.05, 3.63) is 0 Å². The van der Waals surface area contributed by atoms with Gasteiger partial charge in [-0.25, -0.2) is 0 Å². The molecule has 0 aromatic carbocycles. The molecule has 1 radical (unpaired) electrons. The Hall–Kier alpha value is 0.284. The number of ketones is 2. The van der Waals surface area contributed by atoms with Gasteiger partial charge in [-0.3, -0.25) is 9.59 Å². The molecule has 0 aromatic rings. The van der Waals surface area contributed by atoms with Crippen LogP contribution >= 0.6 is 0 Å². The van der Waals surface area contributed by atoms with Gasteiger partial charge in [-0.1, -0.05) is 0 Å². The van der Waals surface area contributed by atoms with Crippen molar-refractivity contribution in [2.45, 2.75) is 18.8 Å². The summed E-state index contributed by atoms with van der Waals surface area (Å²) in [7, 11) is 0. The Labute approximate surface area is 107 Å². The molecule has 9 heteroatoms. The predicted octanol–water partition coefficient (Wildman–Crippen LogP) is 1.64. The van der Waals surface area contributed by atoms with Gasteiger partial charge >= 0.3 is 12.4 Å². The van der Waals surface area contributed by atoms with Crippen LogP contribution in [-0.2, 0) is 9.59 Å². The zero-order valence-electron chi connectivity index (χ0n) is 6.37. The monoisotopic (exact) mass is 349 g/mol. The first kappa shape index (κ1) is 16.7. The summed E-state index contributed by atoms with van der Waals surface area (Å²) in [5.41, 5.74) is 0. The van der Waals surface area contributed by atoms with Crippen molar-refractivity contribution in [2.75, 3.05) is 0 Å². The van der Waals surface area contributed by atoms with Gasteiger partial charge in [-0.05, 0) is 0 Å². The third kappa shape index (κ3) is 5.90. The van der Waals surface area contributed by atoms with Crippen LogP contribution in [0.2, 0.25) is 0 Å². The van der Waals surface area contributed by atoms with E-state index in [4.69, 9.17) is 0 Å². The number of rotatable bonds is 2. The van der Waals surface area contributed by atoms with Crippen molar-refractivity contribution >= 4 is 11.6 Å². The number of carbonyl (C=O) groups is 2. The number of hydrogen-bond donors (Lipinski definition) is 0. The topological polar surface area (TPSA) is 34.1 Å². The molecular formula is C5H2F6O2Pr. The molecule has 0 aromatic heterocycles.